The molecule has 5 heteroatoms. The van der Waals surface area contributed by atoms with Crippen molar-refractivity contribution in [2.75, 3.05) is 12.0 Å². The highest BCUT2D eigenvalue weighted by molar-refractivity contribution is 7.98. The van der Waals surface area contributed by atoms with Crippen LogP contribution in [0.3, 0.4) is 0 Å². The van der Waals surface area contributed by atoms with Crippen LogP contribution in [-0.2, 0) is 0 Å². The van der Waals surface area contributed by atoms with E-state index in [1.807, 2.05) is 18.4 Å². The minimum atomic E-state index is 0.670. The van der Waals surface area contributed by atoms with E-state index in [1.165, 1.54) is 0 Å². The second kappa shape index (κ2) is 3.71. The maximum atomic E-state index is 5.91. The van der Waals surface area contributed by atoms with Gasteiger partial charge in [-0.1, -0.05) is 0 Å². The Morgan fingerprint density at radius 3 is 2.64 bits per heavy atom. The topological polar surface area (TPSA) is 56.7 Å². The lowest BCUT2D eigenvalue weighted by Crippen LogP contribution is -2.01. The van der Waals surface area contributed by atoms with Gasteiger partial charge in [0.05, 0.1) is 16.8 Å². The maximum absolute atomic E-state index is 5.91. The Morgan fingerprint density at radius 2 is 2.07 bits per heavy atom. The van der Waals surface area contributed by atoms with Crippen molar-refractivity contribution in [1.29, 1.82) is 0 Å². The molecule has 14 heavy (non-hydrogen) atoms. The van der Waals surface area contributed by atoms with Gasteiger partial charge in [-0.05, 0) is 18.4 Å². The average Bonchev–Trinajstić information content (AvgIpc) is 2.61. The zero-order valence-corrected chi connectivity index (χ0v) is 8.53. The molecule has 4 nitrogen and oxygen atoms in total. The number of thioether (sulfide) groups is 1. The fraction of sp³-hybridized carbons (Fsp3) is 0.111. The lowest BCUT2D eigenvalue weighted by Gasteiger charge is -2.02. The summed E-state index contributed by atoms with van der Waals surface area (Å²) in [6.45, 7) is 0. The Labute approximate surface area is 86.1 Å². The normalized spacial score (nSPS) is 10.4. The van der Waals surface area contributed by atoms with Crippen LogP contribution in [0, 0.1) is 0 Å². The van der Waals surface area contributed by atoms with Gasteiger partial charge in [-0.25, -0.2) is 4.68 Å². The van der Waals surface area contributed by atoms with Crippen LogP contribution >= 0.6 is 11.8 Å². The summed E-state index contributed by atoms with van der Waals surface area (Å²) >= 11 is 1.59. The second-order valence-corrected chi connectivity index (χ2v) is 3.56. The average molecular weight is 206 g/mol. The summed E-state index contributed by atoms with van der Waals surface area (Å²) in [6, 6.07) is 3.74. The van der Waals surface area contributed by atoms with Crippen LogP contribution in [0.2, 0.25) is 0 Å². The van der Waals surface area contributed by atoms with Crippen molar-refractivity contribution in [3.05, 3.63) is 30.7 Å². The van der Waals surface area contributed by atoms with E-state index in [9.17, 15) is 0 Å². The molecule has 2 N–H and O–H groups in total. The maximum Gasteiger partial charge on any atom is 0.140 e. The van der Waals surface area contributed by atoms with Gasteiger partial charge in [0.1, 0.15) is 5.82 Å². The van der Waals surface area contributed by atoms with Gasteiger partial charge in [0.2, 0.25) is 0 Å². The fourth-order valence-electron chi connectivity index (χ4n) is 1.19. The predicted molar refractivity (Wildman–Crippen MR) is 57.6 cm³/mol. The number of hydrogen-bond acceptors (Lipinski definition) is 4. The molecule has 0 atom stereocenters. The van der Waals surface area contributed by atoms with Crippen LogP contribution < -0.4 is 5.73 Å². The fourth-order valence-corrected chi connectivity index (χ4v) is 1.64. The van der Waals surface area contributed by atoms with Crippen molar-refractivity contribution in [2.24, 2.45) is 0 Å². The van der Waals surface area contributed by atoms with E-state index in [0.29, 0.717) is 5.82 Å². The molecular weight excluding hydrogens is 196 g/mol. The molecule has 72 valence electrons. The van der Waals surface area contributed by atoms with Crippen molar-refractivity contribution in [3.63, 3.8) is 0 Å². The molecule has 0 unspecified atom stereocenters. The first-order valence-electron chi connectivity index (χ1n) is 4.11. The summed E-state index contributed by atoms with van der Waals surface area (Å²) < 4.78 is 1.70. The molecule has 0 aliphatic heterocycles. The molecule has 0 fully saturated rings. The molecule has 0 saturated heterocycles. The lowest BCUT2D eigenvalue weighted by molar-refractivity contribution is 0.888. The molecule has 2 aromatic rings. The monoisotopic (exact) mass is 206 g/mol. The molecule has 2 aromatic heterocycles. The second-order valence-electron chi connectivity index (χ2n) is 2.72. The Hall–Kier alpha value is -1.49. The third-order valence-corrected chi connectivity index (χ3v) is 2.65. The summed E-state index contributed by atoms with van der Waals surface area (Å²) in [5.74, 6) is 0.670. The van der Waals surface area contributed by atoms with Gasteiger partial charge in [0.15, 0.2) is 0 Å². The van der Waals surface area contributed by atoms with Crippen molar-refractivity contribution < 1.29 is 0 Å². The van der Waals surface area contributed by atoms with Crippen LogP contribution in [0.25, 0.3) is 5.69 Å². The molecular formula is C9H10N4S. The number of aromatic nitrogens is 3. The zero-order chi connectivity index (χ0) is 9.97. The number of hydrogen-bond donors (Lipinski definition) is 1. The van der Waals surface area contributed by atoms with E-state index in [0.717, 1.165) is 10.6 Å². The van der Waals surface area contributed by atoms with Crippen LogP contribution in [0.1, 0.15) is 0 Å². The van der Waals surface area contributed by atoms with Crippen LogP contribution in [-0.4, -0.2) is 21.0 Å². The Kier molecular flexibility index (Phi) is 2.41. The van der Waals surface area contributed by atoms with Crippen LogP contribution in [0.5, 0.6) is 0 Å². The standard InChI is InChI=1S/C9H10N4S/c1-14-8-6-12-13(9(8)10)7-2-4-11-5-3-7/h2-6H,10H2,1H3. The molecule has 0 amide bonds. The zero-order valence-electron chi connectivity index (χ0n) is 7.71. The summed E-state index contributed by atoms with van der Waals surface area (Å²) in [5, 5.41) is 4.20. The van der Waals surface area contributed by atoms with E-state index >= 15 is 0 Å². The molecule has 0 aromatic carbocycles. The van der Waals surface area contributed by atoms with Gasteiger partial charge in [-0.15, -0.1) is 11.8 Å². The molecule has 0 aliphatic carbocycles. The van der Waals surface area contributed by atoms with E-state index in [2.05, 4.69) is 10.1 Å². The summed E-state index contributed by atoms with van der Waals surface area (Å²) in [4.78, 5) is 4.93. The Morgan fingerprint density at radius 1 is 1.36 bits per heavy atom. The minimum Gasteiger partial charge on any atom is -0.383 e. The van der Waals surface area contributed by atoms with E-state index in [-0.39, 0.29) is 0 Å². The summed E-state index contributed by atoms with van der Waals surface area (Å²) in [7, 11) is 0. The highest BCUT2D eigenvalue weighted by Crippen LogP contribution is 2.24. The van der Waals surface area contributed by atoms with Crippen molar-refractivity contribution >= 4 is 17.6 Å². The van der Waals surface area contributed by atoms with Crippen molar-refractivity contribution in [2.45, 2.75) is 4.90 Å². The Bertz CT molecular complexity index is 424. The van der Waals surface area contributed by atoms with Gasteiger partial charge in [-0.2, -0.15) is 5.10 Å². The Balaban J connectivity index is 2.48. The molecule has 0 bridgehead atoms. The molecule has 2 heterocycles. The molecule has 2 rings (SSSR count). The first-order chi connectivity index (χ1) is 6.83. The summed E-state index contributed by atoms with van der Waals surface area (Å²) in [5.41, 5.74) is 6.83. The van der Waals surface area contributed by atoms with Crippen LogP contribution in [0.15, 0.2) is 35.6 Å². The van der Waals surface area contributed by atoms with Gasteiger partial charge in [-0.3, -0.25) is 4.98 Å². The van der Waals surface area contributed by atoms with Gasteiger partial charge < -0.3 is 5.73 Å². The lowest BCUT2D eigenvalue weighted by atomic mass is 10.4. The molecule has 0 spiro atoms. The predicted octanol–water partition coefficient (Wildman–Crippen LogP) is 1.57. The number of nitrogens with two attached hydrogens (primary N) is 1. The molecule has 0 aliphatic rings. The molecule has 0 saturated carbocycles. The number of pyridine rings is 1. The summed E-state index contributed by atoms with van der Waals surface area (Å²) in [6.07, 6.45) is 7.18. The molecule has 0 radical (unpaired) electrons. The number of rotatable bonds is 2. The van der Waals surface area contributed by atoms with Gasteiger partial charge in [0.25, 0.3) is 0 Å². The van der Waals surface area contributed by atoms with Gasteiger partial charge in [0, 0.05) is 12.4 Å². The van der Waals surface area contributed by atoms with Crippen molar-refractivity contribution in [3.8, 4) is 5.69 Å². The first kappa shape index (κ1) is 9.08. The van der Waals surface area contributed by atoms with Crippen LogP contribution in [0.4, 0.5) is 5.82 Å². The smallest absolute Gasteiger partial charge is 0.140 e. The minimum absolute atomic E-state index is 0.670. The van der Waals surface area contributed by atoms with Crippen molar-refractivity contribution in [1.82, 2.24) is 14.8 Å². The quantitative estimate of drug-likeness (QED) is 0.758. The van der Waals surface area contributed by atoms with E-state index < -0.39 is 0 Å². The highest BCUT2D eigenvalue weighted by Gasteiger charge is 2.06. The largest absolute Gasteiger partial charge is 0.383 e. The van der Waals surface area contributed by atoms with E-state index in [4.69, 9.17) is 5.73 Å². The number of nitrogens with zero attached hydrogens (tertiary/aromatic N) is 3. The number of anilines is 1. The SMILES string of the molecule is CSc1cnn(-c2ccncc2)c1N. The third-order valence-electron chi connectivity index (χ3n) is 1.90. The van der Waals surface area contributed by atoms with E-state index in [1.54, 1.807) is 35.0 Å². The third kappa shape index (κ3) is 1.46. The number of nitrogen functional groups attached to an aromatic ring is 1. The highest BCUT2D eigenvalue weighted by atomic mass is 32.2. The first-order valence-corrected chi connectivity index (χ1v) is 5.33. The van der Waals surface area contributed by atoms with Gasteiger partial charge >= 0.3 is 0 Å².